The van der Waals surface area contributed by atoms with Crippen LogP contribution in [-0.2, 0) is 13.6 Å². The number of rotatable bonds is 6. The topological polar surface area (TPSA) is 55.6 Å². The van der Waals surface area contributed by atoms with Gasteiger partial charge in [0, 0.05) is 6.42 Å². The number of unbranched alkanes of at least 4 members (excludes halogenated alkanes) is 1. The van der Waals surface area contributed by atoms with Gasteiger partial charge in [0.05, 0.1) is 13.6 Å². The summed E-state index contributed by atoms with van der Waals surface area (Å²) in [5.74, 6) is 0.540. The van der Waals surface area contributed by atoms with Crippen LogP contribution < -0.4 is 5.32 Å². The quantitative estimate of drug-likeness (QED) is 0.751. The van der Waals surface area contributed by atoms with E-state index in [0.29, 0.717) is 25.3 Å². The van der Waals surface area contributed by atoms with Gasteiger partial charge < -0.3 is 5.32 Å². The molecule has 1 heterocycles. The van der Waals surface area contributed by atoms with Crippen LogP contribution in [-0.4, -0.2) is 32.9 Å². The highest BCUT2D eigenvalue weighted by atomic mass is 19.4. The summed E-state index contributed by atoms with van der Waals surface area (Å²) in [6.07, 6.45) is -4.14. The maximum absolute atomic E-state index is 11.8. The zero-order chi connectivity index (χ0) is 12.0. The van der Waals surface area contributed by atoms with Crippen molar-refractivity contribution in [3.05, 3.63) is 5.82 Å². The zero-order valence-electron chi connectivity index (χ0n) is 8.96. The van der Waals surface area contributed by atoms with Gasteiger partial charge in [-0.25, -0.2) is 0 Å². The highest BCUT2D eigenvalue weighted by molar-refractivity contribution is 4.74. The molecular weight excluding hydrogens is 223 g/mol. The number of hydrogen-bond acceptors (Lipinski definition) is 4. The van der Waals surface area contributed by atoms with Crippen molar-refractivity contribution in [3.8, 4) is 0 Å². The predicted octanol–water partition coefficient (Wildman–Crippen LogP) is 1.03. The second kappa shape index (κ2) is 5.78. The van der Waals surface area contributed by atoms with Crippen LogP contribution in [0, 0.1) is 0 Å². The maximum Gasteiger partial charge on any atom is 0.389 e. The van der Waals surface area contributed by atoms with Gasteiger partial charge in [-0.3, -0.25) is 0 Å². The Morgan fingerprint density at radius 1 is 1.31 bits per heavy atom. The van der Waals surface area contributed by atoms with E-state index in [1.165, 1.54) is 4.80 Å². The average molecular weight is 237 g/mol. The van der Waals surface area contributed by atoms with Crippen molar-refractivity contribution >= 4 is 0 Å². The molecule has 1 aromatic rings. The SMILES string of the molecule is Cn1nnc(CNCCCCC(F)(F)F)n1. The number of nitrogens with zero attached hydrogens (tertiary/aromatic N) is 4. The van der Waals surface area contributed by atoms with Crippen LogP contribution in [0.3, 0.4) is 0 Å². The van der Waals surface area contributed by atoms with E-state index in [2.05, 4.69) is 20.7 Å². The molecule has 8 heteroatoms. The molecule has 0 amide bonds. The molecule has 0 fully saturated rings. The number of aromatic nitrogens is 4. The summed E-state index contributed by atoms with van der Waals surface area (Å²) in [5, 5.41) is 14.2. The molecule has 0 saturated carbocycles. The number of nitrogens with one attached hydrogen (secondary N) is 1. The minimum Gasteiger partial charge on any atom is -0.310 e. The van der Waals surface area contributed by atoms with E-state index in [9.17, 15) is 13.2 Å². The summed E-state index contributed by atoms with van der Waals surface area (Å²) in [4.78, 5) is 1.33. The number of tetrazole rings is 1. The molecule has 0 saturated heterocycles. The normalized spacial score (nSPS) is 12.0. The lowest BCUT2D eigenvalue weighted by atomic mass is 10.2. The molecule has 1 aromatic heterocycles. The largest absolute Gasteiger partial charge is 0.389 e. The second-order valence-electron chi connectivity index (χ2n) is 3.44. The summed E-state index contributed by atoms with van der Waals surface area (Å²) in [6, 6.07) is 0. The van der Waals surface area contributed by atoms with E-state index in [4.69, 9.17) is 0 Å². The average Bonchev–Trinajstić information content (AvgIpc) is 2.56. The van der Waals surface area contributed by atoms with Gasteiger partial charge in [0.1, 0.15) is 0 Å². The molecule has 0 aliphatic carbocycles. The third kappa shape index (κ3) is 5.64. The monoisotopic (exact) mass is 237 g/mol. The maximum atomic E-state index is 11.8. The third-order valence-electron chi connectivity index (χ3n) is 1.90. The van der Waals surface area contributed by atoms with Crippen LogP contribution in [0.25, 0.3) is 0 Å². The van der Waals surface area contributed by atoms with Crippen LogP contribution in [0.1, 0.15) is 25.1 Å². The number of hydrogen-bond donors (Lipinski definition) is 1. The first-order valence-electron chi connectivity index (χ1n) is 4.98. The van der Waals surface area contributed by atoms with Crippen LogP contribution in [0.2, 0.25) is 0 Å². The Balaban J connectivity index is 2.00. The van der Waals surface area contributed by atoms with Gasteiger partial charge in [-0.2, -0.15) is 18.0 Å². The highest BCUT2D eigenvalue weighted by Crippen LogP contribution is 2.21. The Hall–Kier alpha value is -1.18. The molecule has 0 unspecified atom stereocenters. The molecule has 0 spiro atoms. The molecule has 1 N–H and O–H groups in total. The first kappa shape index (κ1) is 12.9. The smallest absolute Gasteiger partial charge is 0.310 e. The second-order valence-corrected chi connectivity index (χ2v) is 3.44. The van der Waals surface area contributed by atoms with Crippen molar-refractivity contribution < 1.29 is 13.2 Å². The lowest BCUT2D eigenvalue weighted by molar-refractivity contribution is -0.135. The van der Waals surface area contributed by atoms with Gasteiger partial charge >= 0.3 is 6.18 Å². The minimum absolute atomic E-state index is 0.143. The molecule has 92 valence electrons. The molecule has 0 bridgehead atoms. The fourth-order valence-corrected chi connectivity index (χ4v) is 1.17. The molecule has 1 rings (SSSR count). The van der Waals surface area contributed by atoms with Crippen molar-refractivity contribution in [2.75, 3.05) is 6.54 Å². The van der Waals surface area contributed by atoms with E-state index in [0.717, 1.165) is 0 Å². The van der Waals surface area contributed by atoms with Crippen LogP contribution in [0.5, 0.6) is 0 Å². The highest BCUT2D eigenvalue weighted by Gasteiger charge is 2.25. The van der Waals surface area contributed by atoms with Crippen LogP contribution >= 0.6 is 0 Å². The fraction of sp³-hybridized carbons (Fsp3) is 0.875. The van der Waals surface area contributed by atoms with Crippen molar-refractivity contribution in [2.24, 2.45) is 7.05 Å². The standard InChI is InChI=1S/C8H14F3N5/c1-16-14-7(13-15-16)6-12-5-3-2-4-8(9,10)11/h12H,2-6H2,1H3. The Kier molecular flexibility index (Phi) is 4.66. The number of alkyl halides is 3. The predicted molar refractivity (Wildman–Crippen MR) is 50.4 cm³/mol. The van der Waals surface area contributed by atoms with E-state index in [1.54, 1.807) is 7.05 Å². The van der Waals surface area contributed by atoms with E-state index < -0.39 is 12.6 Å². The van der Waals surface area contributed by atoms with Gasteiger partial charge in [-0.15, -0.1) is 10.2 Å². The van der Waals surface area contributed by atoms with Gasteiger partial charge in [-0.1, -0.05) is 0 Å². The first-order valence-corrected chi connectivity index (χ1v) is 4.98. The number of aryl methyl sites for hydroxylation is 1. The van der Waals surface area contributed by atoms with Crippen molar-refractivity contribution in [1.82, 2.24) is 25.5 Å². The van der Waals surface area contributed by atoms with Crippen LogP contribution in [0.15, 0.2) is 0 Å². The summed E-state index contributed by atoms with van der Waals surface area (Å²) in [5.41, 5.74) is 0. The summed E-state index contributed by atoms with van der Waals surface area (Å²) >= 11 is 0. The van der Waals surface area contributed by atoms with Gasteiger partial charge in [0.25, 0.3) is 0 Å². The van der Waals surface area contributed by atoms with Crippen molar-refractivity contribution in [3.63, 3.8) is 0 Å². The summed E-state index contributed by atoms with van der Waals surface area (Å²) in [6.45, 7) is 0.953. The van der Waals surface area contributed by atoms with Crippen LogP contribution in [0.4, 0.5) is 13.2 Å². The molecule has 0 aromatic carbocycles. The molecule has 0 aliphatic rings. The molecular formula is C8H14F3N5. The van der Waals surface area contributed by atoms with Crippen molar-refractivity contribution in [1.29, 1.82) is 0 Å². The molecule has 0 radical (unpaired) electrons. The van der Waals surface area contributed by atoms with Gasteiger partial charge in [-0.05, 0) is 24.6 Å². The Morgan fingerprint density at radius 2 is 2.06 bits per heavy atom. The first-order chi connectivity index (χ1) is 7.47. The van der Waals surface area contributed by atoms with E-state index >= 15 is 0 Å². The molecule has 5 nitrogen and oxygen atoms in total. The van der Waals surface area contributed by atoms with E-state index in [-0.39, 0.29) is 6.42 Å². The van der Waals surface area contributed by atoms with Gasteiger partial charge in [0.2, 0.25) is 0 Å². The van der Waals surface area contributed by atoms with Gasteiger partial charge in [0.15, 0.2) is 5.82 Å². The zero-order valence-corrected chi connectivity index (χ0v) is 8.96. The summed E-state index contributed by atoms with van der Waals surface area (Å²) in [7, 11) is 1.65. The minimum atomic E-state index is -4.05. The summed E-state index contributed by atoms with van der Waals surface area (Å²) < 4.78 is 35.3. The Bertz CT molecular complexity index is 309. The Labute approximate surface area is 91.0 Å². The van der Waals surface area contributed by atoms with E-state index in [1.807, 2.05) is 0 Å². The van der Waals surface area contributed by atoms with Crippen molar-refractivity contribution in [2.45, 2.75) is 32.0 Å². The Morgan fingerprint density at radius 3 is 2.62 bits per heavy atom. The third-order valence-corrected chi connectivity index (χ3v) is 1.90. The lowest BCUT2D eigenvalue weighted by Gasteiger charge is -2.05. The molecule has 0 aliphatic heterocycles. The number of halogens is 3. The fourth-order valence-electron chi connectivity index (χ4n) is 1.17. The lowest BCUT2D eigenvalue weighted by Crippen LogP contribution is -2.17. The molecule has 16 heavy (non-hydrogen) atoms. The molecule has 0 atom stereocenters.